The second-order valence-electron chi connectivity index (χ2n) is 6.30. The minimum absolute atomic E-state index is 0.00199. The molecule has 2 N–H and O–H groups in total. The highest BCUT2D eigenvalue weighted by atomic mass is 16.3. The van der Waals surface area contributed by atoms with Crippen molar-refractivity contribution in [1.82, 2.24) is 10.6 Å². The highest BCUT2D eigenvalue weighted by Gasteiger charge is 2.38. The number of carbonyl (C=O) groups is 1. The molecule has 0 radical (unpaired) electrons. The number of hydrogen-bond acceptors (Lipinski definition) is 3. The maximum atomic E-state index is 12.3. The molecule has 1 aromatic rings. The number of fused-ring (bicyclic) bond motifs is 1. The van der Waals surface area contributed by atoms with Crippen LogP contribution >= 0.6 is 0 Å². The fourth-order valence-corrected chi connectivity index (χ4v) is 3.65. The second kappa shape index (κ2) is 6.00. The van der Waals surface area contributed by atoms with Crippen LogP contribution in [0.25, 0.3) is 0 Å². The standard InChI is InChI=1S/C16H24N2O2/c1-11(9-13-6-4-8-20-13)17-16(19)15-10-12-5-2-3-7-14(12)18-15/h4,6,8,11-12,14-15,18H,2-3,5,7,9-10H2,1H3,(H,17,19). The Hall–Kier alpha value is -1.29. The lowest BCUT2D eigenvalue weighted by Gasteiger charge is -2.24. The SMILES string of the molecule is CC(Cc1ccco1)NC(=O)C1CC2CCCCC2N1. The van der Waals surface area contributed by atoms with Gasteiger partial charge < -0.3 is 15.1 Å². The smallest absolute Gasteiger partial charge is 0.237 e. The van der Waals surface area contributed by atoms with E-state index in [9.17, 15) is 4.79 Å². The van der Waals surface area contributed by atoms with Gasteiger partial charge in [0.25, 0.3) is 0 Å². The number of amides is 1. The Kier molecular flexibility index (Phi) is 4.10. The van der Waals surface area contributed by atoms with Crippen molar-refractivity contribution >= 4 is 5.91 Å². The Balaban J connectivity index is 1.49. The number of rotatable bonds is 4. The van der Waals surface area contributed by atoms with Crippen LogP contribution in [-0.2, 0) is 11.2 Å². The topological polar surface area (TPSA) is 54.3 Å². The first-order valence-corrected chi connectivity index (χ1v) is 7.81. The fourth-order valence-electron chi connectivity index (χ4n) is 3.65. The minimum Gasteiger partial charge on any atom is -0.469 e. The Labute approximate surface area is 120 Å². The predicted octanol–water partition coefficient (Wildman–Crippen LogP) is 2.25. The molecule has 2 fully saturated rings. The zero-order chi connectivity index (χ0) is 13.9. The molecule has 1 aliphatic carbocycles. The van der Waals surface area contributed by atoms with Gasteiger partial charge in [0.15, 0.2) is 0 Å². The fraction of sp³-hybridized carbons (Fsp3) is 0.688. The third kappa shape index (κ3) is 3.06. The van der Waals surface area contributed by atoms with Crippen molar-refractivity contribution in [1.29, 1.82) is 0 Å². The Morgan fingerprint density at radius 1 is 1.50 bits per heavy atom. The summed E-state index contributed by atoms with van der Waals surface area (Å²) in [5.74, 6) is 1.78. The van der Waals surface area contributed by atoms with Gasteiger partial charge in [-0.2, -0.15) is 0 Å². The average molecular weight is 276 g/mol. The van der Waals surface area contributed by atoms with Crippen LogP contribution in [0.5, 0.6) is 0 Å². The lowest BCUT2D eigenvalue weighted by molar-refractivity contribution is -0.123. The predicted molar refractivity (Wildman–Crippen MR) is 77.3 cm³/mol. The first-order chi connectivity index (χ1) is 9.72. The minimum atomic E-state index is 0.00199. The van der Waals surface area contributed by atoms with E-state index in [0.717, 1.165) is 18.6 Å². The van der Waals surface area contributed by atoms with Crippen LogP contribution in [0.15, 0.2) is 22.8 Å². The Bertz CT molecular complexity index is 429. The monoisotopic (exact) mass is 276 g/mol. The van der Waals surface area contributed by atoms with Crippen LogP contribution < -0.4 is 10.6 Å². The summed E-state index contributed by atoms with van der Waals surface area (Å²) in [6.45, 7) is 2.03. The van der Waals surface area contributed by atoms with Gasteiger partial charge in [0.05, 0.1) is 12.3 Å². The molecule has 4 heteroatoms. The molecular formula is C16H24N2O2. The van der Waals surface area contributed by atoms with Crippen molar-refractivity contribution in [3.05, 3.63) is 24.2 Å². The molecule has 4 nitrogen and oxygen atoms in total. The molecule has 2 aliphatic rings. The van der Waals surface area contributed by atoms with E-state index >= 15 is 0 Å². The van der Waals surface area contributed by atoms with Gasteiger partial charge in [0.2, 0.25) is 5.91 Å². The van der Waals surface area contributed by atoms with E-state index in [-0.39, 0.29) is 18.0 Å². The maximum Gasteiger partial charge on any atom is 0.237 e. The van der Waals surface area contributed by atoms with Crippen LogP contribution in [-0.4, -0.2) is 24.0 Å². The third-order valence-electron chi connectivity index (χ3n) is 4.66. The van der Waals surface area contributed by atoms with Gasteiger partial charge >= 0.3 is 0 Å². The van der Waals surface area contributed by atoms with Gasteiger partial charge in [-0.05, 0) is 44.2 Å². The molecule has 1 aromatic heterocycles. The van der Waals surface area contributed by atoms with Gasteiger partial charge in [-0.1, -0.05) is 12.8 Å². The molecule has 0 bridgehead atoms. The molecule has 0 spiro atoms. The summed E-state index contributed by atoms with van der Waals surface area (Å²) in [6.07, 6.45) is 8.57. The molecule has 4 unspecified atom stereocenters. The first-order valence-electron chi connectivity index (χ1n) is 7.81. The Morgan fingerprint density at radius 3 is 3.10 bits per heavy atom. The highest BCUT2D eigenvalue weighted by Crippen LogP contribution is 2.33. The molecule has 3 rings (SSSR count). The van der Waals surface area contributed by atoms with Crippen LogP contribution in [0.2, 0.25) is 0 Å². The normalized spacial score (nSPS) is 30.8. The summed E-state index contributed by atoms with van der Waals surface area (Å²) in [5, 5.41) is 6.63. The first kappa shape index (κ1) is 13.7. The second-order valence-corrected chi connectivity index (χ2v) is 6.30. The van der Waals surface area contributed by atoms with Crippen molar-refractivity contribution in [2.75, 3.05) is 0 Å². The summed E-state index contributed by atoms with van der Waals surface area (Å²) in [6, 6.07) is 4.51. The summed E-state index contributed by atoms with van der Waals surface area (Å²) in [4.78, 5) is 12.3. The molecule has 110 valence electrons. The van der Waals surface area contributed by atoms with E-state index in [1.165, 1.54) is 25.7 Å². The van der Waals surface area contributed by atoms with Crippen LogP contribution in [0.4, 0.5) is 0 Å². The van der Waals surface area contributed by atoms with Crippen molar-refractivity contribution < 1.29 is 9.21 Å². The van der Waals surface area contributed by atoms with Gasteiger partial charge in [0, 0.05) is 18.5 Å². The van der Waals surface area contributed by atoms with Crippen molar-refractivity contribution in [2.45, 2.75) is 63.6 Å². The van der Waals surface area contributed by atoms with E-state index in [1.807, 2.05) is 19.1 Å². The van der Waals surface area contributed by atoms with Crippen molar-refractivity contribution in [3.63, 3.8) is 0 Å². The number of hydrogen-bond donors (Lipinski definition) is 2. The number of nitrogens with one attached hydrogen (secondary N) is 2. The van der Waals surface area contributed by atoms with E-state index in [2.05, 4.69) is 10.6 Å². The van der Waals surface area contributed by atoms with E-state index in [4.69, 9.17) is 4.42 Å². The summed E-state index contributed by atoms with van der Waals surface area (Å²) in [5.41, 5.74) is 0. The quantitative estimate of drug-likeness (QED) is 0.887. The maximum absolute atomic E-state index is 12.3. The molecule has 0 aromatic carbocycles. The lowest BCUT2D eigenvalue weighted by Crippen LogP contribution is -2.46. The lowest BCUT2D eigenvalue weighted by atomic mass is 9.85. The molecule has 2 heterocycles. The van der Waals surface area contributed by atoms with Gasteiger partial charge in [-0.15, -0.1) is 0 Å². The largest absolute Gasteiger partial charge is 0.469 e. The van der Waals surface area contributed by atoms with Gasteiger partial charge in [0.1, 0.15) is 5.76 Å². The zero-order valence-corrected chi connectivity index (χ0v) is 12.1. The molecular weight excluding hydrogens is 252 g/mol. The van der Waals surface area contributed by atoms with E-state index in [1.54, 1.807) is 6.26 Å². The molecule has 1 aliphatic heterocycles. The van der Waals surface area contributed by atoms with Crippen LogP contribution in [0.1, 0.15) is 44.8 Å². The van der Waals surface area contributed by atoms with E-state index < -0.39 is 0 Å². The highest BCUT2D eigenvalue weighted by molar-refractivity contribution is 5.82. The third-order valence-corrected chi connectivity index (χ3v) is 4.66. The van der Waals surface area contributed by atoms with Crippen LogP contribution in [0, 0.1) is 5.92 Å². The number of carbonyl (C=O) groups excluding carboxylic acids is 1. The summed E-state index contributed by atoms with van der Waals surface area (Å²) < 4.78 is 5.32. The average Bonchev–Trinajstić information content (AvgIpc) is 3.06. The van der Waals surface area contributed by atoms with Crippen molar-refractivity contribution in [3.8, 4) is 0 Å². The van der Waals surface area contributed by atoms with Crippen LogP contribution in [0.3, 0.4) is 0 Å². The van der Waals surface area contributed by atoms with E-state index in [0.29, 0.717) is 12.0 Å². The summed E-state index contributed by atoms with van der Waals surface area (Å²) >= 11 is 0. The van der Waals surface area contributed by atoms with Gasteiger partial charge in [-0.3, -0.25) is 4.79 Å². The zero-order valence-electron chi connectivity index (χ0n) is 12.1. The molecule has 1 saturated heterocycles. The Morgan fingerprint density at radius 2 is 2.35 bits per heavy atom. The van der Waals surface area contributed by atoms with Gasteiger partial charge in [-0.25, -0.2) is 0 Å². The summed E-state index contributed by atoms with van der Waals surface area (Å²) in [7, 11) is 0. The van der Waals surface area contributed by atoms with Crippen molar-refractivity contribution in [2.24, 2.45) is 5.92 Å². The molecule has 20 heavy (non-hydrogen) atoms. The number of furan rings is 1. The molecule has 4 atom stereocenters. The molecule has 1 amide bonds. The molecule has 1 saturated carbocycles.